The van der Waals surface area contributed by atoms with E-state index in [0.717, 1.165) is 11.1 Å². The molecule has 0 saturated carbocycles. The minimum absolute atomic E-state index is 0.105. The van der Waals surface area contributed by atoms with Crippen LogP contribution in [0.4, 0.5) is 5.69 Å². The van der Waals surface area contributed by atoms with E-state index in [9.17, 15) is 9.59 Å². The molecule has 7 heteroatoms. The molecular formula is C25H20N2O3S2. The Hall–Kier alpha value is -3.16. The average Bonchev–Trinajstić information content (AvgIpc) is 3.39. The Balaban J connectivity index is 1.41. The van der Waals surface area contributed by atoms with Gasteiger partial charge >= 0.3 is 5.97 Å². The van der Waals surface area contributed by atoms with E-state index < -0.39 is 23.5 Å². The molecule has 2 aliphatic rings. The van der Waals surface area contributed by atoms with Crippen molar-refractivity contribution in [3.63, 3.8) is 0 Å². The Morgan fingerprint density at radius 2 is 1.44 bits per heavy atom. The van der Waals surface area contributed by atoms with Crippen LogP contribution in [0, 0.1) is 0 Å². The molecule has 2 heterocycles. The van der Waals surface area contributed by atoms with Crippen molar-refractivity contribution in [3.05, 3.63) is 102 Å². The molecule has 0 aromatic heterocycles. The molecule has 5 nitrogen and oxygen atoms in total. The van der Waals surface area contributed by atoms with Gasteiger partial charge in [-0.2, -0.15) is 0 Å². The van der Waals surface area contributed by atoms with Crippen LogP contribution < -0.4 is 4.90 Å². The van der Waals surface area contributed by atoms with Gasteiger partial charge in [0.05, 0.1) is 5.69 Å². The molecule has 3 aromatic carbocycles. The SMILES string of the molecule is O=C(OC(c1ccccc1)c1ccccc1)[C@H]1SC[C@H]2C(=O)N(c3ccccc3)C(=S)N12. The number of rotatable bonds is 5. The van der Waals surface area contributed by atoms with Crippen LogP contribution in [0.25, 0.3) is 0 Å². The smallest absolute Gasteiger partial charge is 0.340 e. The first-order valence-corrected chi connectivity index (χ1v) is 11.7. The molecule has 0 unspecified atom stereocenters. The molecule has 0 spiro atoms. The molecule has 2 fully saturated rings. The number of hydrogen-bond acceptors (Lipinski definition) is 5. The molecule has 0 bridgehead atoms. The minimum atomic E-state index is -0.667. The number of benzene rings is 3. The molecule has 3 aromatic rings. The van der Waals surface area contributed by atoms with Crippen LogP contribution in [-0.2, 0) is 14.3 Å². The minimum Gasteiger partial charge on any atom is -0.450 e. The maximum Gasteiger partial charge on any atom is 0.340 e. The average molecular weight is 461 g/mol. The second-order valence-electron chi connectivity index (χ2n) is 7.54. The third-order valence-corrected chi connectivity index (χ3v) is 7.21. The predicted molar refractivity (Wildman–Crippen MR) is 129 cm³/mol. The Kier molecular flexibility index (Phi) is 5.68. The van der Waals surface area contributed by atoms with E-state index in [1.807, 2.05) is 91.0 Å². The van der Waals surface area contributed by atoms with Crippen LogP contribution in [0.1, 0.15) is 17.2 Å². The number of ether oxygens (including phenoxy) is 1. The van der Waals surface area contributed by atoms with Crippen LogP contribution in [0.5, 0.6) is 0 Å². The van der Waals surface area contributed by atoms with Crippen molar-refractivity contribution >= 4 is 46.7 Å². The molecule has 1 amide bonds. The van der Waals surface area contributed by atoms with Crippen LogP contribution in [0.2, 0.25) is 0 Å². The van der Waals surface area contributed by atoms with Crippen molar-refractivity contribution in [1.29, 1.82) is 0 Å². The second-order valence-corrected chi connectivity index (χ2v) is 9.02. The van der Waals surface area contributed by atoms with E-state index in [2.05, 4.69) is 0 Å². The molecule has 0 aliphatic carbocycles. The number of hydrogen-bond donors (Lipinski definition) is 0. The predicted octanol–water partition coefficient (Wildman–Crippen LogP) is 4.39. The number of thiocarbonyl (C=S) groups is 1. The summed E-state index contributed by atoms with van der Waals surface area (Å²) in [5.41, 5.74) is 2.48. The summed E-state index contributed by atoms with van der Waals surface area (Å²) in [4.78, 5) is 29.7. The number of anilines is 1. The van der Waals surface area contributed by atoms with Gasteiger partial charge in [0.2, 0.25) is 0 Å². The van der Waals surface area contributed by atoms with Gasteiger partial charge in [-0.25, -0.2) is 4.79 Å². The topological polar surface area (TPSA) is 49.9 Å². The number of thioether (sulfide) groups is 1. The molecule has 160 valence electrons. The maximum absolute atomic E-state index is 13.4. The third kappa shape index (κ3) is 3.67. The Bertz CT molecular complexity index is 1100. The van der Waals surface area contributed by atoms with E-state index in [4.69, 9.17) is 17.0 Å². The lowest BCUT2D eigenvalue weighted by Crippen LogP contribution is -2.42. The fourth-order valence-electron chi connectivity index (χ4n) is 4.04. The van der Waals surface area contributed by atoms with E-state index in [-0.39, 0.29) is 5.91 Å². The summed E-state index contributed by atoms with van der Waals surface area (Å²) in [7, 11) is 0. The van der Waals surface area contributed by atoms with Crippen molar-refractivity contribution in [1.82, 2.24) is 4.90 Å². The zero-order valence-electron chi connectivity index (χ0n) is 17.0. The van der Waals surface area contributed by atoms with Gasteiger partial charge in [-0.1, -0.05) is 78.9 Å². The van der Waals surface area contributed by atoms with Crippen molar-refractivity contribution in [2.75, 3.05) is 10.7 Å². The summed E-state index contributed by atoms with van der Waals surface area (Å²) >= 11 is 7.04. The molecule has 0 N–H and O–H groups in total. The summed E-state index contributed by atoms with van der Waals surface area (Å²) in [6.45, 7) is 0. The highest BCUT2D eigenvalue weighted by molar-refractivity contribution is 8.01. The Labute approximate surface area is 196 Å². The first-order chi connectivity index (χ1) is 15.6. The second kappa shape index (κ2) is 8.76. The van der Waals surface area contributed by atoms with Gasteiger partial charge < -0.3 is 9.64 Å². The molecule has 2 atom stereocenters. The lowest BCUT2D eigenvalue weighted by Gasteiger charge is -2.26. The molecule has 2 aliphatic heterocycles. The zero-order valence-corrected chi connectivity index (χ0v) is 18.7. The van der Waals surface area contributed by atoms with Crippen molar-refractivity contribution in [2.45, 2.75) is 17.5 Å². The standard InChI is InChI=1S/C25H20N2O3S2/c28-22-20-16-32-23(27(20)25(31)26(22)19-14-8-3-9-15-19)24(29)30-21(17-10-4-1-5-11-17)18-12-6-2-7-13-18/h1-15,20-21,23H,16H2/t20-,23+/m0/s1. The Morgan fingerprint density at radius 1 is 0.906 bits per heavy atom. The molecular weight excluding hydrogens is 440 g/mol. The highest BCUT2D eigenvalue weighted by Crippen LogP contribution is 2.39. The van der Waals surface area contributed by atoms with Gasteiger partial charge in [-0.05, 0) is 35.5 Å². The van der Waals surface area contributed by atoms with E-state index in [1.165, 1.54) is 16.7 Å². The number of carbonyl (C=O) groups excluding carboxylic acids is 2. The first-order valence-electron chi connectivity index (χ1n) is 10.3. The van der Waals surface area contributed by atoms with Gasteiger partial charge in [-0.3, -0.25) is 9.69 Å². The highest BCUT2D eigenvalue weighted by atomic mass is 32.2. The van der Waals surface area contributed by atoms with Crippen LogP contribution in [-0.4, -0.2) is 39.1 Å². The van der Waals surface area contributed by atoms with Crippen molar-refractivity contribution in [2.24, 2.45) is 0 Å². The highest BCUT2D eigenvalue weighted by Gasteiger charge is 2.53. The van der Waals surface area contributed by atoms with Gasteiger partial charge in [-0.15, -0.1) is 11.8 Å². The first kappa shape index (κ1) is 20.7. The van der Waals surface area contributed by atoms with Crippen LogP contribution in [0.15, 0.2) is 91.0 Å². The molecule has 32 heavy (non-hydrogen) atoms. The molecule has 0 radical (unpaired) electrons. The fraction of sp³-hybridized carbons (Fsp3) is 0.160. The maximum atomic E-state index is 13.4. The normalized spacial score (nSPS) is 20.0. The summed E-state index contributed by atoms with van der Waals surface area (Å²) in [6.07, 6.45) is -0.540. The van der Waals surface area contributed by atoms with Crippen LogP contribution in [0.3, 0.4) is 0 Å². The number of esters is 1. The van der Waals surface area contributed by atoms with Crippen molar-refractivity contribution < 1.29 is 14.3 Å². The fourth-order valence-corrected chi connectivity index (χ4v) is 5.81. The number of amides is 1. The summed E-state index contributed by atoms with van der Waals surface area (Å²) in [5.74, 6) is -0.0180. The summed E-state index contributed by atoms with van der Waals surface area (Å²) in [5, 5.41) is -0.325. The molecule has 2 saturated heterocycles. The molecule has 5 rings (SSSR count). The van der Waals surface area contributed by atoms with Crippen molar-refractivity contribution in [3.8, 4) is 0 Å². The summed E-state index contributed by atoms with van der Waals surface area (Å²) < 4.78 is 6.05. The zero-order chi connectivity index (χ0) is 22.1. The third-order valence-electron chi connectivity index (χ3n) is 5.57. The Morgan fingerprint density at radius 3 is 2.00 bits per heavy atom. The van der Waals surface area contributed by atoms with Gasteiger partial charge in [0.25, 0.3) is 5.91 Å². The number of para-hydroxylation sites is 1. The lowest BCUT2D eigenvalue weighted by atomic mass is 10.0. The quantitative estimate of drug-likeness (QED) is 0.416. The number of nitrogens with zero attached hydrogens (tertiary/aromatic N) is 2. The number of fused-ring (bicyclic) bond motifs is 1. The van der Waals surface area contributed by atoms with Gasteiger partial charge in [0, 0.05) is 5.75 Å². The van der Waals surface area contributed by atoms with Gasteiger partial charge in [0.15, 0.2) is 16.6 Å². The van der Waals surface area contributed by atoms with Gasteiger partial charge in [0.1, 0.15) is 6.04 Å². The monoisotopic (exact) mass is 460 g/mol. The van der Waals surface area contributed by atoms with E-state index in [0.29, 0.717) is 16.6 Å². The largest absolute Gasteiger partial charge is 0.450 e. The number of carbonyl (C=O) groups is 2. The van der Waals surface area contributed by atoms with E-state index >= 15 is 0 Å². The van der Waals surface area contributed by atoms with Crippen LogP contribution >= 0.6 is 24.0 Å². The lowest BCUT2D eigenvalue weighted by molar-refractivity contribution is -0.149. The van der Waals surface area contributed by atoms with E-state index in [1.54, 1.807) is 4.90 Å². The summed E-state index contributed by atoms with van der Waals surface area (Å²) in [6, 6.07) is 28.1.